The Labute approximate surface area is 86.9 Å². The average molecular weight is 201 g/mol. The average Bonchev–Trinajstić information content (AvgIpc) is 2.91. The third-order valence-electron chi connectivity index (χ3n) is 2.91. The molecule has 1 saturated carbocycles. The molecule has 0 radical (unpaired) electrons. The van der Waals surface area contributed by atoms with Gasteiger partial charge in [-0.15, -0.1) is 0 Å². The van der Waals surface area contributed by atoms with E-state index in [1.54, 1.807) is 4.52 Å². The van der Waals surface area contributed by atoms with E-state index >= 15 is 0 Å². The second-order valence-electron chi connectivity index (χ2n) is 4.03. The molecular weight excluding hydrogens is 190 g/mol. The van der Waals surface area contributed by atoms with Gasteiger partial charge in [-0.3, -0.25) is 0 Å². The molecule has 0 aromatic carbocycles. The first kappa shape index (κ1) is 8.59. The molecule has 1 fully saturated rings. The molecule has 2 aromatic rings. The minimum atomic E-state index is 0.188. The lowest BCUT2D eigenvalue weighted by molar-refractivity contribution is -0.108. The smallest absolute Gasteiger partial charge is 0.159 e. The van der Waals surface area contributed by atoms with Crippen molar-refractivity contribution in [2.45, 2.75) is 19.3 Å². The Bertz CT molecular complexity index is 532. The predicted octanol–water partition coefficient (Wildman–Crippen LogP) is 1.34. The zero-order valence-electron chi connectivity index (χ0n) is 8.42. The third-order valence-corrected chi connectivity index (χ3v) is 2.91. The van der Waals surface area contributed by atoms with Crippen LogP contribution in [0.2, 0.25) is 0 Å². The molecule has 4 heteroatoms. The molecule has 0 bridgehead atoms. The van der Waals surface area contributed by atoms with Crippen LogP contribution in [0.1, 0.15) is 23.7 Å². The monoisotopic (exact) mass is 201 g/mol. The summed E-state index contributed by atoms with van der Waals surface area (Å²) < 4.78 is 1.78. The van der Waals surface area contributed by atoms with Crippen LogP contribution in [-0.2, 0) is 4.79 Å². The van der Waals surface area contributed by atoms with E-state index < -0.39 is 0 Å². The van der Waals surface area contributed by atoms with Crippen molar-refractivity contribution in [3.8, 4) is 0 Å². The number of aldehydes is 1. The van der Waals surface area contributed by atoms with Gasteiger partial charge < -0.3 is 4.79 Å². The molecule has 2 unspecified atom stereocenters. The SMILES string of the molecule is Cc1nc2c(C3CC3C=O)cccn2n1. The Balaban J connectivity index is 2.14. The molecule has 0 spiro atoms. The van der Waals surface area contributed by atoms with Crippen LogP contribution < -0.4 is 0 Å². The number of nitrogens with zero attached hydrogens (tertiary/aromatic N) is 3. The molecule has 0 saturated heterocycles. The summed E-state index contributed by atoms with van der Waals surface area (Å²) in [5.74, 6) is 1.31. The minimum Gasteiger partial charge on any atom is -0.303 e. The first-order chi connectivity index (χ1) is 7.29. The number of rotatable bonds is 2. The van der Waals surface area contributed by atoms with Crippen molar-refractivity contribution in [3.05, 3.63) is 29.7 Å². The van der Waals surface area contributed by atoms with Gasteiger partial charge in [-0.2, -0.15) is 5.10 Å². The first-order valence-electron chi connectivity index (χ1n) is 5.07. The second-order valence-corrected chi connectivity index (χ2v) is 4.03. The van der Waals surface area contributed by atoms with E-state index in [0.29, 0.717) is 5.92 Å². The van der Waals surface area contributed by atoms with Gasteiger partial charge in [0.2, 0.25) is 0 Å². The van der Waals surface area contributed by atoms with Crippen molar-refractivity contribution in [2.24, 2.45) is 5.92 Å². The lowest BCUT2D eigenvalue weighted by Crippen LogP contribution is -1.92. The minimum absolute atomic E-state index is 0.188. The van der Waals surface area contributed by atoms with Crippen molar-refractivity contribution in [2.75, 3.05) is 0 Å². The Morgan fingerprint density at radius 1 is 1.60 bits per heavy atom. The van der Waals surface area contributed by atoms with Crippen LogP contribution in [0.4, 0.5) is 0 Å². The largest absolute Gasteiger partial charge is 0.303 e. The van der Waals surface area contributed by atoms with Gasteiger partial charge in [-0.05, 0) is 25.3 Å². The molecule has 0 aliphatic heterocycles. The zero-order valence-corrected chi connectivity index (χ0v) is 8.42. The second kappa shape index (κ2) is 2.89. The highest BCUT2D eigenvalue weighted by atomic mass is 16.1. The van der Waals surface area contributed by atoms with Gasteiger partial charge in [0.05, 0.1) is 0 Å². The van der Waals surface area contributed by atoms with Gasteiger partial charge in [0.1, 0.15) is 12.1 Å². The molecule has 2 atom stereocenters. The fourth-order valence-corrected chi connectivity index (χ4v) is 2.05. The molecule has 2 aromatic heterocycles. The fourth-order valence-electron chi connectivity index (χ4n) is 2.05. The Morgan fingerprint density at radius 3 is 3.20 bits per heavy atom. The van der Waals surface area contributed by atoms with Crippen molar-refractivity contribution in [3.63, 3.8) is 0 Å². The number of hydrogen-bond acceptors (Lipinski definition) is 3. The van der Waals surface area contributed by atoms with Crippen LogP contribution in [-0.4, -0.2) is 20.9 Å². The molecule has 4 nitrogen and oxygen atoms in total. The molecule has 0 amide bonds. The van der Waals surface area contributed by atoms with E-state index in [1.807, 2.05) is 25.3 Å². The van der Waals surface area contributed by atoms with E-state index in [4.69, 9.17) is 0 Å². The van der Waals surface area contributed by atoms with Gasteiger partial charge in [-0.1, -0.05) is 6.07 Å². The number of pyridine rings is 1. The van der Waals surface area contributed by atoms with Gasteiger partial charge in [0.15, 0.2) is 5.65 Å². The molecule has 0 N–H and O–H groups in total. The summed E-state index contributed by atoms with van der Waals surface area (Å²) in [6.45, 7) is 1.88. The van der Waals surface area contributed by atoms with E-state index in [-0.39, 0.29) is 5.92 Å². The summed E-state index contributed by atoms with van der Waals surface area (Å²) in [5, 5.41) is 4.25. The highest BCUT2D eigenvalue weighted by Gasteiger charge is 2.39. The van der Waals surface area contributed by atoms with Crippen molar-refractivity contribution >= 4 is 11.9 Å². The maximum absolute atomic E-state index is 10.6. The Hall–Kier alpha value is -1.71. The molecular formula is C11H11N3O. The first-order valence-corrected chi connectivity index (χ1v) is 5.07. The molecule has 1 aliphatic carbocycles. The molecule has 76 valence electrons. The maximum Gasteiger partial charge on any atom is 0.159 e. The number of carbonyl (C=O) groups is 1. The summed E-state index contributed by atoms with van der Waals surface area (Å²) in [4.78, 5) is 15.0. The quantitative estimate of drug-likeness (QED) is 0.689. The van der Waals surface area contributed by atoms with Crippen LogP contribution in [0.5, 0.6) is 0 Å². The van der Waals surface area contributed by atoms with E-state index in [9.17, 15) is 4.79 Å². The van der Waals surface area contributed by atoms with Crippen molar-refractivity contribution in [1.82, 2.24) is 14.6 Å². The third kappa shape index (κ3) is 1.25. The van der Waals surface area contributed by atoms with E-state index in [2.05, 4.69) is 10.1 Å². The highest BCUT2D eigenvalue weighted by Crippen LogP contribution is 2.46. The van der Waals surface area contributed by atoms with Crippen molar-refractivity contribution in [1.29, 1.82) is 0 Å². The topological polar surface area (TPSA) is 47.3 Å². The van der Waals surface area contributed by atoms with Gasteiger partial charge in [0.25, 0.3) is 0 Å². The maximum atomic E-state index is 10.6. The summed E-state index contributed by atoms with van der Waals surface area (Å²) in [6, 6.07) is 3.99. The van der Waals surface area contributed by atoms with Crippen LogP contribution in [0.3, 0.4) is 0 Å². The summed E-state index contributed by atoms with van der Waals surface area (Å²) in [7, 11) is 0. The number of hydrogen-bond donors (Lipinski definition) is 0. The lowest BCUT2D eigenvalue weighted by atomic mass is 10.1. The lowest BCUT2D eigenvalue weighted by Gasteiger charge is -1.99. The van der Waals surface area contributed by atoms with Crippen LogP contribution in [0.15, 0.2) is 18.3 Å². The van der Waals surface area contributed by atoms with E-state index in [1.165, 1.54) is 0 Å². The van der Waals surface area contributed by atoms with Crippen LogP contribution in [0.25, 0.3) is 5.65 Å². The van der Waals surface area contributed by atoms with Gasteiger partial charge in [-0.25, -0.2) is 9.50 Å². The summed E-state index contributed by atoms with van der Waals surface area (Å²) >= 11 is 0. The standard InChI is InChI=1S/C11H11N3O/c1-7-12-11-9(10-5-8(10)6-15)3-2-4-14(11)13-7/h2-4,6,8,10H,5H2,1H3. The Morgan fingerprint density at radius 2 is 2.47 bits per heavy atom. The summed E-state index contributed by atoms with van der Waals surface area (Å²) in [6.07, 6.45) is 3.88. The van der Waals surface area contributed by atoms with Gasteiger partial charge >= 0.3 is 0 Å². The van der Waals surface area contributed by atoms with Crippen LogP contribution in [0, 0.1) is 12.8 Å². The highest BCUT2D eigenvalue weighted by molar-refractivity contribution is 5.64. The number of aromatic nitrogens is 3. The number of aryl methyl sites for hydroxylation is 1. The summed E-state index contributed by atoms with van der Waals surface area (Å²) in [5.41, 5.74) is 2.04. The molecule has 3 rings (SSSR count). The Kier molecular flexibility index (Phi) is 1.65. The number of carbonyl (C=O) groups excluding carboxylic acids is 1. The molecule has 2 heterocycles. The fraction of sp³-hybridized carbons (Fsp3) is 0.364. The van der Waals surface area contributed by atoms with Gasteiger partial charge in [0, 0.05) is 17.7 Å². The van der Waals surface area contributed by atoms with Crippen molar-refractivity contribution < 1.29 is 4.79 Å². The molecule has 1 aliphatic rings. The molecule has 15 heavy (non-hydrogen) atoms. The van der Waals surface area contributed by atoms with Crippen LogP contribution >= 0.6 is 0 Å². The predicted molar refractivity (Wildman–Crippen MR) is 54.6 cm³/mol. The number of fused-ring (bicyclic) bond motifs is 1. The normalized spacial score (nSPS) is 24.3. The zero-order chi connectivity index (χ0) is 10.4. The van der Waals surface area contributed by atoms with E-state index in [0.717, 1.165) is 29.7 Å².